The molecule has 1 fully saturated rings. The average molecular weight is 246 g/mol. The summed E-state index contributed by atoms with van der Waals surface area (Å²) < 4.78 is 5.23. The number of thioether (sulfide) groups is 1. The van der Waals surface area contributed by atoms with Crippen molar-refractivity contribution in [2.24, 2.45) is 5.92 Å². The summed E-state index contributed by atoms with van der Waals surface area (Å²) in [4.78, 5) is 0. The Morgan fingerprint density at radius 2 is 2.33 bits per heavy atom. The lowest BCUT2D eigenvalue weighted by atomic mass is 10.4. The molecular weight excluding hydrogens is 230 g/mol. The van der Waals surface area contributed by atoms with Crippen LogP contribution >= 0.6 is 23.4 Å². The van der Waals surface area contributed by atoms with Gasteiger partial charge in [-0.15, -0.1) is 0 Å². The van der Waals surface area contributed by atoms with Crippen LogP contribution in [0.4, 0.5) is 0 Å². The third-order valence-corrected chi connectivity index (χ3v) is 3.80. The predicted molar refractivity (Wildman–Crippen MR) is 65.5 cm³/mol. The molecule has 0 radical (unpaired) electrons. The number of hydrogen-bond donors (Lipinski definition) is 1. The van der Waals surface area contributed by atoms with Crippen molar-refractivity contribution in [3.8, 4) is 0 Å². The Labute approximate surface area is 99.8 Å². The van der Waals surface area contributed by atoms with E-state index in [1.807, 2.05) is 17.8 Å². The van der Waals surface area contributed by atoms with E-state index >= 15 is 0 Å². The van der Waals surface area contributed by atoms with Crippen LogP contribution in [0.5, 0.6) is 0 Å². The first-order valence-corrected chi connectivity index (χ1v) is 6.90. The summed E-state index contributed by atoms with van der Waals surface area (Å²) in [5, 5.41) is 3.80. The second-order valence-corrected chi connectivity index (χ2v) is 5.42. The molecule has 0 saturated heterocycles. The molecule has 0 unspecified atom stereocenters. The van der Waals surface area contributed by atoms with Gasteiger partial charge in [-0.05, 0) is 48.2 Å². The van der Waals surface area contributed by atoms with Crippen molar-refractivity contribution in [1.29, 1.82) is 0 Å². The molecule has 1 aromatic heterocycles. The maximum atomic E-state index is 5.67. The van der Waals surface area contributed by atoms with E-state index < -0.39 is 0 Å². The summed E-state index contributed by atoms with van der Waals surface area (Å²) in [5.74, 6) is 4.46. The quantitative estimate of drug-likeness (QED) is 0.747. The zero-order chi connectivity index (χ0) is 10.5. The van der Waals surface area contributed by atoms with Gasteiger partial charge < -0.3 is 9.73 Å². The van der Waals surface area contributed by atoms with Crippen LogP contribution in [-0.2, 0) is 6.54 Å². The van der Waals surface area contributed by atoms with Gasteiger partial charge in [0.25, 0.3) is 0 Å². The number of furan rings is 1. The van der Waals surface area contributed by atoms with E-state index in [4.69, 9.17) is 16.0 Å². The zero-order valence-corrected chi connectivity index (χ0v) is 10.2. The van der Waals surface area contributed by atoms with Crippen LogP contribution in [0.2, 0.25) is 5.22 Å². The largest absolute Gasteiger partial charge is 0.448 e. The highest BCUT2D eigenvalue weighted by atomic mass is 35.5. The summed E-state index contributed by atoms with van der Waals surface area (Å²) >= 11 is 7.71. The molecule has 1 aliphatic rings. The number of rotatable bonds is 7. The minimum Gasteiger partial charge on any atom is -0.448 e. The Morgan fingerprint density at radius 1 is 1.47 bits per heavy atom. The maximum absolute atomic E-state index is 5.67. The van der Waals surface area contributed by atoms with Gasteiger partial charge in [0.15, 0.2) is 5.22 Å². The standard InChI is InChI=1S/C11H16ClNOS/c12-11-4-3-10(14-11)7-13-5-6-15-8-9-1-2-9/h3-4,9,13H,1-2,5-8H2. The van der Waals surface area contributed by atoms with E-state index in [0.29, 0.717) is 5.22 Å². The molecule has 1 heterocycles. The van der Waals surface area contributed by atoms with Gasteiger partial charge in [0.05, 0.1) is 6.54 Å². The van der Waals surface area contributed by atoms with E-state index in [1.165, 1.54) is 24.3 Å². The molecule has 1 aromatic rings. The van der Waals surface area contributed by atoms with Crippen LogP contribution < -0.4 is 5.32 Å². The molecule has 0 amide bonds. The Balaban J connectivity index is 1.47. The molecule has 2 nitrogen and oxygen atoms in total. The Morgan fingerprint density at radius 3 is 3.00 bits per heavy atom. The fourth-order valence-corrected chi connectivity index (χ4v) is 2.62. The van der Waals surface area contributed by atoms with Gasteiger partial charge in [-0.3, -0.25) is 0 Å². The van der Waals surface area contributed by atoms with Crippen molar-refractivity contribution in [1.82, 2.24) is 5.32 Å². The molecule has 2 rings (SSSR count). The van der Waals surface area contributed by atoms with Gasteiger partial charge in [0, 0.05) is 12.3 Å². The van der Waals surface area contributed by atoms with E-state index in [2.05, 4.69) is 5.32 Å². The average Bonchev–Trinajstić information content (AvgIpc) is 2.95. The molecule has 0 spiro atoms. The van der Waals surface area contributed by atoms with E-state index in [1.54, 1.807) is 6.07 Å². The van der Waals surface area contributed by atoms with E-state index in [9.17, 15) is 0 Å². The van der Waals surface area contributed by atoms with Crippen LogP contribution in [0.15, 0.2) is 16.5 Å². The van der Waals surface area contributed by atoms with Crippen molar-refractivity contribution in [2.75, 3.05) is 18.1 Å². The van der Waals surface area contributed by atoms with Gasteiger partial charge in [0.2, 0.25) is 0 Å². The van der Waals surface area contributed by atoms with Gasteiger partial charge in [-0.2, -0.15) is 11.8 Å². The van der Waals surface area contributed by atoms with Gasteiger partial charge >= 0.3 is 0 Å². The van der Waals surface area contributed by atoms with Crippen LogP contribution in [0.1, 0.15) is 18.6 Å². The van der Waals surface area contributed by atoms with Crippen molar-refractivity contribution in [3.05, 3.63) is 23.1 Å². The highest BCUT2D eigenvalue weighted by Gasteiger charge is 2.20. The second-order valence-electron chi connectivity index (χ2n) is 3.90. The second kappa shape index (κ2) is 5.83. The van der Waals surface area contributed by atoms with Crippen LogP contribution in [0.3, 0.4) is 0 Å². The van der Waals surface area contributed by atoms with Crippen molar-refractivity contribution >= 4 is 23.4 Å². The Kier molecular flexibility index (Phi) is 4.42. The van der Waals surface area contributed by atoms with Gasteiger partial charge in [0.1, 0.15) is 5.76 Å². The summed E-state index contributed by atoms with van der Waals surface area (Å²) in [5.41, 5.74) is 0. The van der Waals surface area contributed by atoms with Crippen LogP contribution in [-0.4, -0.2) is 18.1 Å². The highest BCUT2D eigenvalue weighted by molar-refractivity contribution is 7.99. The topological polar surface area (TPSA) is 25.2 Å². The third-order valence-electron chi connectivity index (χ3n) is 2.40. The summed E-state index contributed by atoms with van der Waals surface area (Å²) in [6, 6.07) is 3.69. The smallest absolute Gasteiger partial charge is 0.193 e. The normalized spacial score (nSPS) is 15.8. The molecule has 1 N–H and O–H groups in total. The van der Waals surface area contributed by atoms with Crippen LogP contribution in [0.25, 0.3) is 0 Å². The summed E-state index contributed by atoms with van der Waals surface area (Å²) in [7, 11) is 0. The highest BCUT2D eigenvalue weighted by Crippen LogP contribution is 2.32. The van der Waals surface area contributed by atoms with Crippen LogP contribution in [0, 0.1) is 5.92 Å². The predicted octanol–water partition coefficient (Wildman–Crippen LogP) is 3.17. The molecule has 1 aliphatic carbocycles. The molecule has 1 saturated carbocycles. The van der Waals surface area contributed by atoms with E-state index in [-0.39, 0.29) is 0 Å². The zero-order valence-electron chi connectivity index (χ0n) is 8.67. The fourth-order valence-electron chi connectivity index (χ4n) is 1.34. The first-order valence-electron chi connectivity index (χ1n) is 5.37. The fraction of sp³-hybridized carbons (Fsp3) is 0.636. The van der Waals surface area contributed by atoms with Gasteiger partial charge in [-0.1, -0.05) is 0 Å². The van der Waals surface area contributed by atoms with Crippen molar-refractivity contribution in [2.45, 2.75) is 19.4 Å². The number of halogens is 1. The molecule has 4 heteroatoms. The maximum Gasteiger partial charge on any atom is 0.193 e. The number of nitrogens with one attached hydrogen (secondary N) is 1. The summed E-state index contributed by atoms with van der Waals surface area (Å²) in [6.45, 7) is 1.81. The van der Waals surface area contributed by atoms with E-state index in [0.717, 1.165) is 24.8 Å². The minimum absolute atomic E-state index is 0.468. The Bertz CT molecular complexity index is 299. The Hall–Kier alpha value is -0.120. The number of hydrogen-bond acceptors (Lipinski definition) is 3. The first-order chi connectivity index (χ1) is 7.34. The SMILES string of the molecule is Clc1ccc(CNCCSCC2CC2)o1. The minimum atomic E-state index is 0.468. The molecule has 84 valence electrons. The van der Waals surface area contributed by atoms with Crippen molar-refractivity contribution < 1.29 is 4.42 Å². The monoisotopic (exact) mass is 245 g/mol. The molecule has 15 heavy (non-hydrogen) atoms. The lowest BCUT2D eigenvalue weighted by molar-refractivity contribution is 0.490. The first kappa shape index (κ1) is 11.4. The van der Waals surface area contributed by atoms with Gasteiger partial charge in [-0.25, -0.2) is 0 Å². The molecule has 0 atom stereocenters. The molecule has 0 aromatic carbocycles. The lowest BCUT2D eigenvalue weighted by Crippen LogP contribution is -2.16. The summed E-state index contributed by atoms with van der Waals surface area (Å²) in [6.07, 6.45) is 2.90. The van der Waals surface area contributed by atoms with Crippen molar-refractivity contribution in [3.63, 3.8) is 0 Å². The molecule has 0 aliphatic heterocycles. The lowest BCUT2D eigenvalue weighted by Gasteiger charge is -2.02. The molecular formula is C11H16ClNOS. The third kappa shape index (κ3) is 4.49. The molecule has 0 bridgehead atoms.